The molecule has 0 unspecified atom stereocenters. The molecule has 0 aliphatic carbocycles. The Balaban J connectivity index is 2.13. The van der Waals surface area contributed by atoms with Crippen LogP contribution in [0, 0.1) is 0 Å². The highest BCUT2D eigenvalue weighted by Crippen LogP contribution is 2.31. The van der Waals surface area contributed by atoms with Crippen molar-refractivity contribution in [3.05, 3.63) is 0 Å². The zero-order valence-electron chi connectivity index (χ0n) is 7.30. The summed E-state index contributed by atoms with van der Waals surface area (Å²) in [4.78, 5) is 13.3. The van der Waals surface area contributed by atoms with Gasteiger partial charge in [0.2, 0.25) is 5.91 Å². The summed E-state index contributed by atoms with van der Waals surface area (Å²) >= 11 is 1.98. The fourth-order valence-corrected chi connectivity index (χ4v) is 3.15. The topological polar surface area (TPSA) is 32.3 Å². The monoisotopic (exact) mass is 186 g/mol. The van der Waals surface area contributed by atoms with E-state index in [1.807, 2.05) is 18.8 Å². The molecule has 2 aliphatic heterocycles. The van der Waals surface area contributed by atoms with Gasteiger partial charge in [-0.25, -0.2) is 0 Å². The smallest absolute Gasteiger partial charge is 0.235 e. The minimum Gasteiger partial charge on any atom is -0.337 e. The van der Waals surface area contributed by atoms with Crippen LogP contribution in [-0.4, -0.2) is 41.6 Å². The molecule has 2 aliphatic rings. The van der Waals surface area contributed by atoms with Crippen LogP contribution in [-0.2, 0) is 4.79 Å². The normalized spacial score (nSPS) is 29.2. The first-order valence-corrected chi connectivity index (χ1v) is 5.48. The maximum atomic E-state index is 11.2. The predicted octanol–water partition coefficient (Wildman–Crippen LogP) is 0.271. The van der Waals surface area contributed by atoms with Gasteiger partial charge in [-0.1, -0.05) is 0 Å². The van der Waals surface area contributed by atoms with Crippen molar-refractivity contribution in [2.45, 2.75) is 18.5 Å². The van der Waals surface area contributed by atoms with E-state index in [4.69, 9.17) is 0 Å². The van der Waals surface area contributed by atoms with Crippen molar-refractivity contribution >= 4 is 17.7 Å². The molecule has 0 atom stereocenters. The number of rotatable bonds is 0. The number of nitrogens with one attached hydrogen (secondary N) is 1. The number of thioether (sulfide) groups is 1. The Morgan fingerprint density at radius 1 is 1.50 bits per heavy atom. The van der Waals surface area contributed by atoms with Crippen molar-refractivity contribution in [2.24, 2.45) is 0 Å². The van der Waals surface area contributed by atoms with Crippen molar-refractivity contribution < 1.29 is 4.79 Å². The van der Waals surface area contributed by atoms with E-state index in [0.29, 0.717) is 6.54 Å². The van der Waals surface area contributed by atoms with E-state index in [-0.39, 0.29) is 11.6 Å². The molecule has 12 heavy (non-hydrogen) atoms. The molecule has 4 heteroatoms. The molecule has 68 valence electrons. The van der Waals surface area contributed by atoms with Crippen LogP contribution in [0.25, 0.3) is 0 Å². The molecule has 2 fully saturated rings. The summed E-state index contributed by atoms with van der Waals surface area (Å²) in [5, 5.41) is 3.09. The second kappa shape index (κ2) is 2.92. The maximum absolute atomic E-state index is 11.2. The number of carbonyl (C=O) groups is 1. The van der Waals surface area contributed by atoms with E-state index in [1.54, 1.807) is 0 Å². The third-order valence-electron chi connectivity index (χ3n) is 2.80. The largest absolute Gasteiger partial charge is 0.337 e. The molecule has 0 radical (unpaired) electrons. The fraction of sp³-hybridized carbons (Fsp3) is 0.875. The van der Waals surface area contributed by atoms with Crippen LogP contribution in [0.5, 0.6) is 0 Å². The van der Waals surface area contributed by atoms with Gasteiger partial charge in [0, 0.05) is 0 Å². The highest BCUT2D eigenvalue weighted by Gasteiger charge is 2.42. The Hall–Kier alpha value is -0.220. The van der Waals surface area contributed by atoms with Gasteiger partial charge in [-0.15, -0.1) is 0 Å². The lowest BCUT2D eigenvalue weighted by Gasteiger charge is -2.38. The van der Waals surface area contributed by atoms with Crippen LogP contribution in [0.1, 0.15) is 12.8 Å². The molecule has 2 heterocycles. The van der Waals surface area contributed by atoms with E-state index in [2.05, 4.69) is 10.2 Å². The Morgan fingerprint density at radius 3 is 2.67 bits per heavy atom. The molecule has 1 amide bonds. The Kier molecular flexibility index (Phi) is 2.04. The summed E-state index contributed by atoms with van der Waals surface area (Å²) in [7, 11) is 2.04. The number of hydrogen-bond donors (Lipinski definition) is 1. The molecule has 2 rings (SSSR count). The Bertz CT molecular complexity index is 201. The summed E-state index contributed by atoms with van der Waals surface area (Å²) < 4.78 is 0. The average Bonchev–Trinajstić information content (AvgIpc) is 2.29. The van der Waals surface area contributed by atoms with Gasteiger partial charge in [0.05, 0.1) is 12.2 Å². The van der Waals surface area contributed by atoms with E-state index in [0.717, 1.165) is 12.8 Å². The summed E-state index contributed by atoms with van der Waals surface area (Å²) in [6.45, 7) is 0.574. The second-order valence-electron chi connectivity index (χ2n) is 3.55. The van der Waals surface area contributed by atoms with Gasteiger partial charge >= 0.3 is 0 Å². The highest BCUT2D eigenvalue weighted by atomic mass is 32.2. The molecule has 3 nitrogen and oxygen atoms in total. The van der Waals surface area contributed by atoms with E-state index >= 15 is 0 Å². The van der Waals surface area contributed by atoms with Crippen molar-refractivity contribution in [1.82, 2.24) is 10.2 Å². The van der Waals surface area contributed by atoms with Crippen molar-refractivity contribution in [3.63, 3.8) is 0 Å². The molecular formula is C8H14N2OS. The minimum absolute atomic E-state index is 0.0162. The van der Waals surface area contributed by atoms with E-state index in [1.165, 1.54) is 11.5 Å². The molecule has 1 spiro atoms. The van der Waals surface area contributed by atoms with Gasteiger partial charge in [-0.05, 0) is 31.4 Å². The maximum Gasteiger partial charge on any atom is 0.235 e. The summed E-state index contributed by atoms with van der Waals surface area (Å²) in [5.41, 5.74) is 0.0162. The quantitative estimate of drug-likeness (QED) is 0.589. The van der Waals surface area contributed by atoms with E-state index < -0.39 is 0 Å². The van der Waals surface area contributed by atoms with Crippen molar-refractivity contribution in [3.8, 4) is 0 Å². The summed E-state index contributed by atoms with van der Waals surface area (Å²) in [5.74, 6) is 2.53. The van der Waals surface area contributed by atoms with Crippen LogP contribution >= 0.6 is 11.8 Å². The number of nitrogens with zero attached hydrogens (tertiary/aromatic N) is 1. The zero-order chi connectivity index (χ0) is 8.60. The van der Waals surface area contributed by atoms with Crippen LogP contribution in [0.4, 0.5) is 0 Å². The second-order valence-corrected chi connectivity index (χ2v) is 4.77. The van der Waals surface area contributed by atoms with Gasteiger partial charge in [-0.3, -0.25) is 9.69 Å². The van der Waals surface area contributed by atoms with Gasteiger partial charge in [-0.2, -0.15) is 11.8 Å². The molecule has 0 saturated carbocycles. The van der Waals surface area contributed by atoms with Crippen molar-refractivity contribution in [2.75, 3.05) is 25.1 Å². The number of amides is 1. The lowest BCUT2D eigenvalue weighted by Crippen LogP contribution is -2.52. The van der Waals surface area contributed by atoms with Crippen LogP contribution in [0.3, 0.4) is 0 Å². The Morgan fingerprint density at radius 2 is 2.17 bits per heavy atom. The molecule has 0 aromatic rings. The predicted molar refractivity (Wildman–Crippen MR) is 50.1 cm³/mol. The molecule has 1 N–H and O–H groups in total. The first-order chi connectivity index (χ1) is 5.73. The van der Waals surface area contributed by atoms with Gasteiger partial charge in [0.1, 0.15) is 0 Å². The number of hydrogen-bond acceptors (Lipinski definition) is 3. The number of carbonyl (C=O) groups excluding carboxylic acids is 1. The highest BCUT2D eigenvalue weighted by molar-refractivity contribution is 7.99. The van der Waals surface area contributed by atoms with Gasteiger partial charge < -0.3 is 5.32 Å². The SMILES string of the molecule is CN1CC(=O)NC12CCSCC2. The van der Waals surface area contributed by atoms with Crippen LogP contribution < -0.4 is 5.32 Å². The third kappa shape index (κ3) is 1.23. The molecule has 0 bridgehead atoms. The summed E-state index contributed by atoms with van der Waals surface area (Å²) in [6.07, 6.45) is 2.19. The third-order valence-corrected chi connectivity index (χ3v) is 3.79. The van der Waals surface area contributed by atoms with Crippen LogP contribution in [0.2, 0.25) is 0 Å². The minimum atomic E-state index is 0.0162. The standard InChI is InChI=1S/C8H14N2OS/c1-10-6-7(11)9-8(10)2-4-12-5-3-8/h2-6H2,1H3,(H,9,11). The first kappa shape index (κ1) is 8.38. The van der Waals surface area contributed by atoms with Gasteiger partial charge in [0.15, 0.2) is 0 Å². The van der Waals surface area contributed by atoms with Crippen molar-refractivity contribution in [1.29, 1.82) is 0 Å². The zero-order valence-corrected chi connectivity index (χ0v) is 8.12. The molecule has 2 saturated heterocycles. The molecule has 0 aromatic heterocycles. The number of likely N-dealkylation sites (N-methyl/N-ethyl adjacent to an activating group) is 1. The lowest BCUT2D eigenvalue weighted by atomic mass is 10.0. The first-order valence-electron chi connectivity index (χ1n) is 4.33. The van der Waals surface area contributed by atoms with Crippen LogP contribution in [0.15, 0.2) is 0 Å². The fourth-order valence-electron chi connectivity index (χ4n) is 1.98. The van der Waals surface area contributed by atoms with Gasteiger partial charge in [0.25, 0.3) is 0 Å². The average molecular weight is 186 g/mol. The lowest BCUT2D eigenvalue weighted by molar-refractivity contribution is -0.119. The molecular weight excluding hydrogens is 172 g/mol. The Labute approximate surface area is 76.9 Å². The van der Waals surface area contributed by atoms with E-state index in [9.17, 15) is 4.79 Å². The molecule has 0 aromatic carbocycles. The summed E-state index contributed by atoms with van der Waals surface area (Å²) in [6, 6.07) is 0.